The van der Waals surface area contributed by atoms with Gasteiger partial charge in [-0.05, 0) is 29.8 Å². The number of anilines is 1. The summed E-state index contributed by atoms with van der Waals surface area (Å²) >= 11 is 1.52. The third-order valence-electron chi connectivity index (χ3n) is 2.48. The summed E-state index contributed by atoms with van der Waals surface area (Å²) in [6.07, 6.45) is 1.69. The van der Waals surface area contributed by atoms with Gasteiger partial charge in [0.2, 0.25) is 11.1 Å². The number of benzene rings is 1. The topological polar surface area (TPSA) is 84.4 Å². The molecule has 0 aliphatic rings. The first kappa shape index (κ1) is 15.3. The van der Waals surface area contributed by atoms with Gasteiger partial charge in [0.15, 0.2) is 0 Å². The molecule has 1 aromatic heterocycles. The molecule has 0 aliphatic carbocycles. The minimum atomic E-state index is 0.500. The Bertz CT molecular complexity index is 570. The van der Waals surface area contributed by atoms with Crippen molar-refractivity contribution in [2.45, 2.75) is 5.16 Å². The van der Waals surface area contributed by atoms with Crippen molar-refractivity contribution in [3.05, 3.63) is 29.8 Å². The number of aromatic nitrogens is 3. The van der Waals surface area contributed by atoms with Crippen molar-refractivity contribution in [1.82, 2.24) is 15.2 Å². The summed E-state index contributed by atoms with van der Waals surface area (Å²) in [7, 11) is 3.30. The highest BCUT2D eigenvalue weighted by molar-refractivity contribution is 7.99. The van der Waals surface area contributed by atoms with Gasteiger partial charge in [-0.2, -0.15) is 10.1 Å². The van der Waals surface area contributed by atoms with Crippen LogP contribution < -0.4 is 10.2 Å². The van der Waals surface area contributed by atoms with Crippen LogP contribution in [-0.4, -0.2) is 48.0 Å². The van der Waals surface area contributed by atoms with E-state index in [0.717, 1.165) is 17.1 Å². The fourth-order valence-corrected chi connectivity index (χ4v) is 2.13. The van der Waals surface area contributed by atoms with E-state index in [-0.39, 0.29) is 0 Å². The molecule has 0 saturated heterocycles. The van der Waals surface area contributed by atoms with E-state index in [4.69, 9.17) is 9.47 Å². The number of thioether (sulfide) groups is 1. The van der Waals surface area contributed by atoms with E-state index >= 15 is 0 Å². The van der Waals surface area contributed by atoms with Crippen molar-refractivity contribution < 1.29 is 9.47 Å². The summed E-state index contributed by atoms with van der Waals surface area (Å²) in [4.78, 5) is 4.24. The zero-order valence-electron chi connectivity index (χ0n) is 11.9. The molecular formula is C13H17N5O2S. The smallest absolute Gasteiger partial charge is 0.240 e. The number of methoxy groups -OCH3 is 2. The number of nitrogens with zero attached hydrogens (tertiary/aromatic N) is 3. The van der Waals surface area contributed by atoms with Crippen molar-refractivity contribution in [2.24, 2.45) is 5.10 Å². The van der Waals surface area contributed by atoms with Crippen LogP contribution in [0, 0.1) is 0 Å². The van der Waals surface area contributed by atoms with Crippen LogP contribution in [0.5, 0.6) is 5.75 Å². The molecule has 0 fully saturated rings. The van der Waals surface area contributed by atoms with E-state index in [0.29, 0.717) is 17.7 Å². The monoisotopic (exact) mass is 307 g/mol. The fourth-order valence-electron chi connectivity index (χ4n) is 1.44. The van der Waals surface area contributed by atoms with E-state index in [2.05, 4.69) is 25.7 Å². The van der Waals surface area contributed by atoms with Crippen molar-refractivity contribution in [3.63, 3.8) is 0 Å². The molecule has 0 saturated carbocycles. The lowest BCUT2D eigenvalue weighted by molar-refractivity contribution is 0.218. The Morgan fingerprint density at radius 1 is 1.33 bits per heavy atom. The molecule has 0 unspecified atom stereocenters. The second-order valence-electron chi connectivity index (χ2n) is 3.95. The first-order chi connectivity index (χ1) is 10.3. The number of aromatic amines is 1. The summed E-state index contributed by atoms with van der Waals surface area (Å²) < 4.78 is 10.1. The van der Waals surface area contributed by atoms with Crippen LogP contribution in [0.15, 0.2) is 34.5 Å². The maximum atomic E-state index is 5.09. The quantitative estimate of drug-likeness (QED) is 0.336. The number of rotatable bonds is 8. The molecule has 0 aliphatic heterocycles. The molecule has 21 heavy (non-hydrogen) atoms. The van der Waals surface area contributed by atoms with Crippen molar-refractivity contribution in [1.29, 1.82) is 0 Å². The average Bonchev–Trinajstić information content (AvgIpc) is 2.96. The number of ether oxygens (including phenoxy) is 2. The number of hydrazone groups is 1. The van der Waals surface area contributed by atoms with Gasteiger partial charge in [-0.1, -0.05) is 11.8 Å². The maximum Gasteiger partial charge on any atom is 0.240 e. The number of H-pyrrole nitrogens is 1. The Balaban J connectivity index is 1.82. The van der Waals surface area contributed by atoms with E-state index < -0.39 is 0 Å². The van der Waals surface area contributed by atoms with Gasteiger partial charge in [0.05, 0.1) is 19.9 Å². The second kappa shape index (κ2) is 8.28. The first-order valence-electron chi connectivity index (χ1n) is 6.29. The van der Waals surface area contributed by atoms with Crippen LogP contribution in [0.4, 0.5) is 5.95 Å². The molecular weight excluding hydrogens is 290 g/mol. The van der Waals surface area contributed by atoms with Gasteiger partial charge in [0.1, 0.15) is 5.75 Å². The lowest BCUT2D eigenvalue weighted by Gasteiger charge is -1.98. The van der Waals surface area contributed by atoms with Gasteiger partial charge < -0.3 is 9.47 Å². The third-order valence-corrected chi connectivity index (χ3v) is 3.29. The lowest BCUT2D eigenvalue weighted by atomic mass is 10.2. The Morgan fingerprint density at radius 2 is 2.14 bits per heavy atom. The second-order valence-corrected chi connectivity index (χ2v) is 5.01. The van der Waals surface area contributed by atoms with Crippen molar-refractivity contribution in [2.75, 3.05) is 32.0 Å². The summed E-state index contributed by atoms with van der Waals surface area (Å²) in [6, 6.07) is 7.58. The van der Waals surface area contributed by atoms with E-state index in [9.17, 15) is 0 Å². The largest absolute Gasteiger partial charge is 0.497 e. The Morgan fingerprint density at radius 3 is 2.86 bits per heavy atom. The van der Waals surface area contributed by atoms with Crippen LogP contribution in [0.2, 0.25) is 0 Å². The molecule has 1 heterocycles. The molecule has 7 nitrogen and oxygen atoms in total. The predicted octanol–water partition coefficient (Wildman–Crippen LogP) is 2.00. The van der Waals surface area contributed by atoms with E-state index in [1.807, 2.05) is 24.3 Å². The normalized spacial score (nSPS) is 11.0. The van der Waals surface area contributed by atoms with Gasteiger partial charge in [-0.25, -0.2) is 10.5 Å². The highest BCUT2D eigenvalue weighted by atomic mass is 32.2. The van der Waals surface area contributed by atoms with Crippen molar-refractivity contribution in [3.8, 4) is 5.75 Å². The molecule has 0 radical (unpaired) electrons. The highest BCUT2D eigenvalue weighted by Crippen LogP contribution is 2.13. The zero-order valence-corrected chi connectivity index (χ0v) is 12.7. The Hall–Kier alpha value is -2.06. The highest BCUT2D eigenvalue weighted by Gasteiger charge is 2.02. The summed E-state index contributed by atoms with van der Waals surface area (Å²) in [5.41, 5.74) is 3.75. The van der Waals surface area contributed by atoms with Gasteiger partial charge in [-0.15, -0.1) is 5.10 Å². The first-order valence-corrected chi connectivity index (χ1v) is 7.27. The summed E-state index contributed by atoms with van der Waals surface area (Å²) in [5.74, 6) is 2.12. The molecule has 2 rings (SSSR count). The zero-order chi connectivity index (χ0) is 14.9. The van der Waals surface area contributed by atoms with Crippen LogP contribution in [0.1, 0.15) is 5.56 Å². The van der Waals surface area contributed by atoms with Crippen LogP contribution in [-0.2, 0) is 4.74 Å². The standard InChI is InChI=1S/C13H17N5O2S/c1-19-7-8-21-13-15-12(17-18-13)16-14-9-10-3-5-11(20-2)6-4-10/h3-6,9H,7-8H2,1-2H3,(H2,15,16,17,18)/b14-9-. The molecule has 0 bridgehead atoms. The molecule has 0 spiro atoms. The van der Waals surface area contributed by atoms with Crippen LogP contribution >= 0.6 is 11.8 Å². The van der Waals surface area contributed by atoms with Crippen molar-refractivity contribution >= 4 is 23.9 Å². The third kappa shape index (κ3) is 5.09. The number of nitrogens with one attached hydrogen (secondary N) is 2. The summed E-state index contributed by atoms with van der Waals surface area (Å²) in [5, 5.41) is 11.6. The SMILES string of the molecule is COCCSc1n[nH]c(N/N=C\c2ccc(OC)cc2)n1. The van der Waals surface area contributed by atoms with Gasteiger partial charge in [0.25, 0.3) is 0 Å². The minimum Gasteiger partial charge on any atom is -0.497 e. The van der Waals surface area contributed by atoms with Crippen LogP contribution in [0.25, 0.3) is 0 Å². The average molecular weight is 307 g/mol. The Kier molecular flexibility index (Phi) is 6.04. The van der Waals surface area contributed by atoms with Gasteiger partial charge in [-0.3, -0.25) is 0 Å². The van der Waals surface area contributed by atoms with E-state index in [1.165, 1.54) is 11.8 Å². The lowest BCUT2D eigenvalue weighted by Crippen LogP contribution is -1.93. The van der Waals surface area contributed by atoms with Gasteiger partial charge in [0, 0.05) is 12.9 Å². The molecule has 0 atom stereocenters. The minimum absolute atomic E-state index is 0.500. The maximum absolute atomic E-state index is 5.09. The Labute approximate surface area is 127 Å². The summed E-state index contributed by atoms with van der Waals surface area (Å²) in [6.45, 7) is 0.664. The molecule has 2 aromatic rings. The number of hydrogen-bond donors (Lipinski definition) is 2. The molecule has 1 aromatic carbocycles. The van der Waals surface area contributed by atoms with Crippen LogP contribution in [0.3, 0.4) is 0 Å². The number of hydrogen-bond acceptors (Lipinski definition) is 7. The fraction of sp³-hybridized carbons (Fsp3) is 0.308. The van der Waals surface area contributed by atoms with Gasteiger partial charge >= 0.3 is 0 Å². The van der Waals surface area contributed by atoms with E-state index in [1.54, 1.807) is 20.4 Å². The molecule has 8 heteroatoms. The molecule has 0 amide bonds. The predicted molar refractivity (Wildman–Crippen MR) is 83.2 cm³/mol. The molecule has 2 N–H and O–H groups in total. The molecule has 112 valence electrons.